The Morgan fingerprint density at radius 3 is 2.86 bits per heavy atom. The molecule has 0 aliphatic carbocycles. The second kappa shape index (κ2) is 3.53. The smallest absolute Gasteiger partial charge is 0.132 e. The summed E-state index contributed by atoms with van der Waals surface area (Å²) in [5.74, 6) is 2.36. The zero-order valence-electron chi connectivity index (χ0n) is 8.64. The van der Waals surface area contributed by atoms with Crippen LogP contribution in [-0.4, -0.2) is 29.1 Å². The van der Waals surface area contributed by atoms with Crippen LogP contribution in [0.2, 0.25) is 0 Å². The SMILES string of the molecule is Cc1nccc(N2CC(C)C(N)C2)n1. The standard InChI is InChI=1S/C10H16N4/c1-7-5-14(6-9(7)11)10-3-4-12-8(2)13-10/h3-4,7,9H,5-6,11H2,1-2H3. The van der Waals surface area contributed by atoms with Crippen molar-refractivity contribution in [3.8, 4) is 0 Å². The fourth-order valence-electron chi connectivity index (χ4n) is 1.80. The molecule has 0 aromatic carbocycles. The van der Waals surface area contributed by atoms with Gasteiger partial charge in [-0.25, -0.2) is 9.97 Å². The molecule has 14 heavy (non-hydrogen) atoms. The predicted molar refractivity (Wildman–Crippen MR) is 56.1 cm³/mol. The van der Waals surface area contributed by atoms with E-state index in [0.29, 0.717) is 5.92 Å². The lowest BCUT2D eigenvalue weighted by Crippen LogP contribution is -2.28. The van der Waals surface area contributed by atoms with E-state index >= 15 is 0 Å². The maximum atomic E-state index is 5.96. The quantitative estimate of drug-likeness (QED) is 0.706. The van der Waals surface area contributed by atoms with Gasteiger partial charge in [0.15, 0.2) is 0 Å². The van der Waals surface area contributed by atoms with Crippen molar-refractivity contribution in [3.63, 3.8) is 0 Å². The molecule has 2 rings (SSSR count). The zero-order valence-corrected chi connectivity index (χ0v) is 8.64. The summed E-state index contributed by atoms with van der Waals surface area (Å²) >= 11 is 0. The molecule has 0 saturated carbocycles. The second-order valence-corrected chi connectivity index (χ2v) is 4.01. The monoisotopic (exact) mass is 192 g/mol. The highest BCUT2D eigenvalue weighted by Crippen LogP contribution is 2.20. The van der Waals surface area contributed by atoms with E-state index in [1.165, 1.54) is 0 Å². The largest absolute Gasteiger partial charge is 0.355 e. The highest BCUT2D eigenvalue weighted by molar-refractivity contribution is 5.39. The van der Waals surface area contributed by atoms with E-state index in [1.807, 2.05) is 13.0 Å². The van der Waals surface area contributed by atoms with Gasteiger partial charge in [-0.15, -0.1) is 0 Å². The lowest BCUT2D eigenvalue weighted by Gasteiger charge is -2.16. The van der Waals surface area contributed by atoms with Gasteiger partial charge in [0.05, 0.1) is 0 Å². The molecule has 1 aliphatic rings. The van der Waals surface area contributed by atoms with Gasteiger partial charge in [0.25, 0.3) is 0 Å². The van der Waals surface area contributed by atoms with Crippen LogP contribution in [0.4, 0.5) is 5.82 Å². The molecule has 0 bridgehead atoms. The molecule has 2 unspecified atom stereocenters. The summed E-state index contributed by atoms with van der Waals surface area (Å²) in [5.41, 5.74) is 5.96. The highest BCUT2D eigenvalue weighted by atomic mass is 15.2. The molecule has 4 heteroatoms. The number of nitrogens with two attached hydrogens (primary N) is 1. The third-order valence-corrected chi connectivity index (χ3v) is 2.76. The second-order valence-electron chi connectivity index (χ2n) is 4.01. The van der Waals surface area contributed by atoms with Crippen LogP contribution < -0.4 is 10.6 Å². The van der Waals surface area contributed by atoms with Crippen LogP contribution in [0.3, 0.4) is 0 Å². The van der Waals surface area contributed by atoms with Crippen molar-refractivity contribution in [2.75, 3.05) is 18.0 Å². The molecule has 4 nitrogen and oxygen atoms in total. The first kappa shape index (κ1) is 9.40. The van der Waals surface area contributed by atoms with E-state index < -0.39 is 0 Å². The minimum atomic E-state index is 0.269. The van der Waals surface area contributed by atoms with Gasteiger partial charge >= 0.3 is 0 Å². The van der Waals surface area contributed by atoms with Crippen molar-refractivity contribution in [2.24, 2.45) is 11.7 Å². The summed E-state index contributed by atoms with van der Waals surface area (Å²) < 4.78 is 0. The van der Waals surface area contributed by atoms with Gasteiger partial charge in [-0.2, -0.15) is 0 Å². The molecule has 76 valence electrons. The van der Waals surface area contributed by atoms with Crippen molar-refractivity contribution < 1.29 is 0 Å². The Morgan fingerprint density at radius 2 is 2.29 bits per heavy atom. The van der Waals surface area contributed by atoms with Crippen molar-refractivity contribution in [1.29, 1.82) is 0 Å². The number of rotatable bonds is 1. The molecule has 2 atom stereocenters. The Morgan fingerprint density at radius 1 is 1.50 bits per heavy atom. The fourth-order valence-corrected chi connectivity index (χ4v) is 1.80. The average Bonchev–Trinajstić information content (AvgIpc) is 2.47. The first-order chi connectivity index (χ1) is 6.66. The molecule has 0 radical (unpaired) electrons. The Bertz CT molecular complexity index is 316. The topological polar surface area (TPSA) is 55.0 Å². The van der Waals surface area contributed by atoms with Crippen LogP contribution >= 0.6 is 0 Å². The maximum Gasteiger partial charge on any atom is 0.132 e. The molecule has 1 fully saturated rings. The van der Waals surface area contributed by atoms with E-state index in [-0.39, 0.29) is 6.04 Å². The lowest BCUT2D eigenvalue weighted by molar-refractivity contribution is 0.566. The lowest BCUT2D eigenvalue weighted by atomic mass is 10.1. The van der Waals surface area contributed by atoms with E-state index in [4.69, 9.17) is 5.73 Å². The third kappa shape index (κ3) is 1.70. The van der Waals surface area contributed by atoms with Crippen molar-refractivity contribution in [1.82, 2.24) is 9.97 Å². The Hall–Kier alpha value is -1.16. The molecule has 0 spiro atoms. The van der Waals surface area contributed by atoms with Gasteiger partial charge in [-0.05, 0) is 18.9 Å². The van der Waals surface area contributed by atoms with Gasteiger partial charge in [0, 0.05) is 25.3 Å². The summed E-state index contributed by atoms with van der Waals surface area (Å²) in [6.07, 6.45) is 1.80. The minimum Gasteiger partial charge on any atom is -0.355 e. The van der Waals surface area contributed by atoms with E-state index in [1.54, 1.807) is 6.20 Å². The van der Waals surface area contributed by atoms with Crippen molar-refractivity contribution >= 4 is 5.82 Å². The van der Waals surface area contributed by atoms with Gasteiger partial charge in [0.1, 0.15) is 11.6 Å². The van der Waals surface area contributed by atoms with Gasteiger partial charge in [0.2, 0.25) is 0 Å². The fraction of sp³-hybridized carbons (Fsp3) is 0.600. The van der Waals surface area contributed by atoms with Crippen LogP contribution in [0.15, 0.2) is 12.3 Å². The zero-order chi connectivity index (χ0) is 10.1. The number of hydrogen-bond donors (Lipinski definition) is 1. The van der Waals surface area contributed by atoms with E-state index in [2.05, 4.69) is 21.8 Å². The Labute approximate surface area is 84.2 Å². The third-order valence-electron chi connectivity index (χ3n) is 2.76. The maximum absolute atomic E-state index is 5.96. The number of hydrogen-bond acceptors (Lipinski definition) is 4. The number of nitrogens with zero attached hydrogens (tertiary/aromatic N) is 3. The van der Waals surface area contributed by atoms with Gasteiger partial charge in [-0.1, -0.05) is 6.92 Å². The van der Waals surface area contributed by atoms with Crippen LogP contribution in [-0.2, 0) is 0 Å². The molecule has 2 heterocycles. The van der Waals surface area contributed by atoms with E-state index in [9.17, 15) is 0 Å². The van der Waals surface area contributed by atoms with Crippen LogP contribution in [0.25, 0.3) is 0 Å². The first-order valence-electron chi connectivity index (χ1n) is 4.97. The average molecular weight is 192 g/mol. The number of anilines is 1. The van der Waals surface area contributed by atoms with Gasteiger partial charge in [-0.3, -0.25) is 0 Å². The number of aromatic nitrogens is 2. The molecule has 1 saturated heterocycles. The molecular formula is C10H16N4. The van der Waals surface area contributed by atoms with Crippen LogP contribution in [0.1, 0.15) is 12.7 Å². The van der Waals surface area contributed by atoms with E-state index in [0.717, 1.165) is 24.7 Å². The van der Waals surface area contributed by atoms with Crippen LogP contribution in [0, 0.1) is 12.8 Å². The molecule has 1 aliphatic heterocycles. The normalized spacial score (nSPS) is 26.9. The molecule has 1 aromatic rings. The molecule has 2 N–H and O–H groups in total. The molecular weight excluding hydrogens is 176 g/mol. The van der Waals surface area contributed by atoms with Crippen LogP contribution in [0.5, 0.6) is 0 Å². The summed E-state index contributed by atoms with van der Waals surface area (Å²) in [4.78, 5) is 10.7. The minimum absolute atomic E-state index is 0.269. The summed E-state index contributed by atoms with van der Waals surface area (Å²) in [7, 11) is 0. The number of aryl methyl sites for hydroxylation is 1. The van der Waals surface area contributed by atoms with Crippen molar-refractivity contribution in [2.45, 2.75) is 19.9 Å². The highest BCUT2D eigenvalue weighted by Gasteiger charge is 2.27. The molecule has 0 amide bonds. The first-order valence-corrected chi connectivity index (χ1v) is 4.97. The van der Waals surface area contributed by atoms with Gasteiger partial charge < -0.3 is 10.6 Å². The predicted octanol–water partition coefficient (Wildman–Crippen LogP) is 0.568. The Kier molecular flexibility index (Phi) is 2.37. The Balaban J connectivity index is 2.17. The summed E-state index contributed by atoms with van der Waals surface area (Å²) in [6.45, 7) is 5.98. The van der Waals surface area contributed by atoms with Crippen molar-refractivity contribution in [3.05, 3.63) is 18.1 Å². The summed E-state index contributed by atoms with van der Waals surface area (Å²) in [6, 6.07) is 2.21. The molecule has 1 aromatic heterocycles. The summed E-state index contributed by atoms with van der Waals surface area (Å²) in [5, 5.41) is 0.